The van der Waals surface area contributed by atoms with Gasteiger partial charge in [0.2, 0.25) is 5.89 Å². The molecule has 1 atom stereocenters. The van der Waals surface area contributed by atoms with E-state index < -0.39 is 0 Å². The maximum atomic E-state index is 12.4. The highest BCUT2D eigenvalue weighted by atomic mass is 16.5. The summed E-state index contributed by atoms with van der Waals surface area (Å²) < 4.78 is 5.23. The third-order valence-electron chi connectivity index (χ3n) is 3.69. The molecule has 1 amide bonds. The van der Waals surface area contributed by atoms with Crippen LogP contribution in [0.25, 0.3) is 0 Å². The van der Waals surface area contributed by atoms with Gasteiger partial charge in [0.1, 0.15) is 0 Å². The van der Waals surface area contributed by atoms with E-state index in [9.17, 15) is 4.79 Å². The lowest BCUT2D eigenvalue weighted by Gasteiger charge is -2.20. The zero-order valence-corrected chi connectivity index (χ0v) is 13.1. The van der Waals surface area contributed by atoms with Gasteiger partial charge >= 0.3 is 0 Å². The van der Waals surface area contributed by atoms with Crippen molar-refractivity contribution < 1.29 is 9.32 Å². The van der Waals surface area contributed by atoms with Crippen LogP contribution in [0.3, 0.4) is 0 Å². The van der Waals surface area contributed by atoms with Gasteiger partial charge in [0.15, 0.2) is 0 Å². The second kappa shape index (κ2) is 7.51. The van der Waals surface area contributed by atoms with Gasteiger partial charge in [-0.2, -0.15) is 4.98 Å². The molecule has 0 aliphatic carbocycles. The second-order valence-corrected chi connectivity index (χ2v) is 5.65. The molecule has 7 nitrogen and oxygen atoms in total. The van der Waals surface area contributed by atoms with E-state index in [-0.39, 0.29) is 17.8 Å². The Kier molecular flexibility index (Phi) is 5.69. The van der Waals surface area contributed by atoms with Crippen molar-refractivity contribution in [1.82, 2.24) is 25.3 Å². The molecule has 1 fully saturated rings. The SMILES string of the molecule is CCN(CCCN(C)C)C(=O)c1noc(C2CCCN2)n1. The summed E-state index contributed by atoms with van der Waals surface area (Å²) >= 11 is 0. The summed E-state index contributed by atoms with van der Waals surface area (Å²) in [5.41, 5.74) is 0. The number of carbonyl (C=O) groups excluding carboxylic acids is 1. The lowest BCUT2D eigenvalue weighted by atomic mass is 10.2. The summed E-state index contributed by atoms with van der Waals surface area (Å²) in [5.74, 6) is 0.551. The van der Waals surface area contributed by atoms with Crippen molar-refractivity contribution in [2.75, 3.05) is 40.3 Å². The van der Waals surface area contributed by atoms with Gasteiger partial charge in [0.25, 0.3) is 11.7 Å². The molecule has 7 heteroatoms. The molecule has 1 aromatic rings. The van der Waals surface area contributed by atoms with Gasteiger partial charge in [-0.1, -0.05) is 5.16 Å². The van der Waals surface area contributed by atoms with E-state index in [1.807, 2.05) is 21.0 Å². The first kappa shape index (κ1) is 15.9. The standard InChI is InChI=1S/C14H25N5O2/c1-4-19(10-6-9-18(2)3)14(20)12-16-13(21-17-12)11-7-5-8-15-11/h11,15H,4-10H2,1-3H3. The molecule has 1 aliphatic rings. The normalized spacial score (nSPS) is 18.4. The molecular weight excluding hydrogens is 270 g/mol. The first-order valence-corrected chi connectivity index (χ1v) is 7.62. The van der Waals surface area contributed by atoms with Gasteiger partial charge in [-0.15, -0.1) is 0 Å². The fourth-order valence-electron chi connectivity index (χ4n) is 2.48. The number of hydrogen-bond acceptors (Lipinski definition) is 6. The van der Waals surface area contributed by atoms with Crippen LogP contribution in [-0.2, 0) is 0 Å². The Morgan fingerprint density at radius 3 is 2.86 bits per heavy atom. The van der Waals surface area contributed by atoms with E-state index >= 15 is 0 Å². The lowest BCUT2D eigenvalue weighted by Crippen LogP contribution is -2.34. The third-order valence-corrected chi connectivity index (χ3v) is 3.69. The predicted octanol–water partition coefficient (Wildman–Crippen LogP) is 0.908. The molecule has 0 saturated carbocycles. The first-order valence-electron chi connectivity index (χ1n) is 7.62. The molecule has 118 valence electrons. The Bertz CT molecular complexity index is 454. The summed E-state index contributed by atoms with van der Waals surface area (Å²) in [6.45, 7) is 5.24. The summed E-state index contributed by atoms with van der Waals surface area (Å²) in [5, 5.41) is 7.13. The number of nitrogens with zero attached hydrogens (tertiary/aromatic N) is 4. The molecule has 0 spiro atoms. The Morgan fingerprint density at radius 2 is 2.24 bits per heavy atom. The second-order valence-electron chi connectivity index (χ2n) is 5.65. The lowest BCUT2D eigenvalue weighted by molar-refractivity contribution is 0.0743. The molecule has 1 N–H and O–H groups in total. The minimum Gasteiger partial charge on any atom is -0.337 e. The fourth-order valence-corrected chi connectivity index (χ4v) is 2.48. The number of aromatic nitrogens is 2. The fraction of sp³-hybridized carbons (Fsp3) is 0.786. The van der Waals surface area contributed by atoms with Crippen molar-refractivity contribution in [3.63, 3.8) is 0 Å². The van der Waals surface area contributed by atoms with Crippen LogP contribution in [0.4, 0.5) is 0 Å². The van der Waals surface area contributed by atoms with Crippen LogP contribution in [0.1, 0.15) is 48.7 Å². The van der Waals surface area contributed by atoms with Crippen LogP contribution in [0.2, 0.25) is 0 Å². The number of carbonyl (C=O) groups is 1. The zero-order valence-electron chi connectivity index (χ0n) is 13.1. The van der Waals surface area contributed by atoms with Crippen molar-refractivity contribution in [3.05, 3.63) is 11.7 Å². The van der Waals surface area contributed by atoms with Gasteiger partial charge in [0, 0.05) is 13.1 Å². The largest absolute Gasteiger partial charge is 0.337 e. The van der Waals surface area contributed by atoms with Crippen molar-refractivity contribution >= 4 is 5.91 Å². The molecule has 2 heterocycles. The Hall–Kier alpha value is -1.47. The average Bonchev–Trinajstić information content (AvgIpc) is 3.12. The molecule has 0 radical (unpaired) electrons. The number of amides is 1. The quantitative estimate of drug-likeness (QED) is 0.806. The predicted molar refractivity (Wildman–Crippen MR) is 79.0 cm³/mol. The van der Waals surface area contributed by atoms with Crippen molar-refractivity contribution in [1.29, 1.82) is 0 Å². The Labute approximate surface area is 125 Å². The topological polar surface area (TPSA) is 74.5 Å². The highest BCUT2D eigenvalue weighted by Crippen LogP contribution is 2.21. The molecule has 0 aromatic carbocycles. The van der Waals surface area contributed by atoms with E-state index in [1.165, 1.54) is 0 Å². The van der Waals surface area contributed by atoms with Crippen molar-refractivity contribution in [3.8, 4) is 0 Å². The van der Waals surface area contributed by atoms with Crippen LogP contribution < -0.4 is 5.32 Å². The molecule has 1 unspecified atom stereocenters. The van der Waals surface area contributed by atoms with Gasteiger partial charge in [-0.05, 0) is 53.4 Å². The van der Waals surface area contributed by atoms with E-state index in [0.717, 1.165) is 32.4 Å². The van der Waals surface area contributed by atoms with E-state index in [0.29, 0.717) is 19.0 Å². The summed E-state index contributed by atoms with van der Waals surface area (Å²) in [6, 6.07) is 0.0999. The Morgan fingerprint density at radius 1 is 1.43 bits per heavy atom. The van der Waals surface area contributed by atoms with Crippen LogP contribution >= 0.6 is 0 Å². The van der Waals surface area contributed by atoms with Crippen LogP contribution in [0.5, 0.6) is 0 Å². The molecule has 1 aromatic heterocycles. The average molecular weight is 295 g/mol. The minimum absolute atomic E-state index is 0.0999. The maximum Gasteiger partial charge on any atom is 0.295 e. The maximum absolute atomic E-state index is 12.4. The van der Waals surface area contributed by atoms with E-state index in [2.05, 4.69) is 20.4 Å². The molecule has 1 aliphatic heterocycles. The van der Waals surface area contributed by atoms with Gasteiger partial charge < -0.3 is 19.6 Å². The number of hydrogen-bond donors (Lipinski definition) is 1. The van der Waals surface area contributed by atoms with Gasteiger partial charge in [-0.25, -0.2) is 0 Å². The number of nitrogens with one attached hydrogen (secondary N) is 1. The molecule has 0 bridgehead atoms. The van der Waals surface area contributed by atoms with Gasteiger partial charge in [-0.3, -0.25) is 4.79 Å². The number of rotatable bonds is 7. The summed E-state index contributed by atoms with van der Waals surface area (Å²) in [4.78, 5) is 20.5. The Balaban J connectivity index is 1.93. The van der Waals surface area contributed by atoms with Crippen LogP contribution in [0.15, 0.2) is 4.52 Å². The smallest absolute Gasteiger partial charge is 0.295 e. The molecule has 2 rings (SSSR count). The van der Waals surface area contributed by atoms with Crippen molar-refractivity contribution in [2.24, 2.45) is 0 Å². The minimum atomic E-state index is -0.149. The monoisotopic (exact) mass is 295 g/mol. The van der Waals surface area contributed by atoms with Crippen LogP contribution in [0, 0.1) is 0 Å². The zero-order chi connectivity index (χ0) is 15.2. The van der Waals surface area contributed by atoms with Crippen molar-refractivity contribution in [2.45, 2.75) is 32.2 Å². The highest BCUT2D eigenvalue weighted by Gasteiger charge is 2.26. The van der Waals surface area contributed by atoms with E-state index in [4.69, 9.17) is 4.52 Å². The molecule has 1 saturated heterocycles. The summed E-state index contributed by atoms with van der Waals surface area (Å²) in [7, 11) is 4.05. The molecule has 21 heavy (non-hydrogen) atoms. The van der Waals surface area contributed by atoms with Crippen LogP contribution in [-0.4, -0.2) is 66.1 Å². The van der Waals surface area contributed by atoms with E-state index in [1.54, 1.807) is 4.90 Å². The first-order chi connectivity index (χ1) is 10.1. The third kappa shape index (κ3) is 4.25. The summed E-state index contributed by atoms with van der Waals surface area (Å²) in [6.07, 6.45) is 3.01. The van der Waals surface area contributed by atoms with Gasteiger partial charge in [0.05, 0.1) is 6.04 Å². The molecular formula is C14H25N5O2. The highest BCUT2D eigenvalue weighted by molar-refractivity contribution is 5.90.